The van der Waals surface area contributed by atoms with Gasteiger partial charge >= 0.3 is 0 Å². The van der Waals surface area contributed by atoms with Crippen molar-refractivity contribution in [1.82, 2.24) is 4.98 Å². The normalized spacial score (nSPS) is 10.3. The van der Waals surface area contributed by atoms with Gasteiger partial charge in [0.2, 0.25) is 0 Å². The van der Waals surface area contributed by atoms with E-state index in [1.165, 1.54) is 6.07 Å². The fourth-order valence-corrected chi connectivity index (χ4v) is 2.21. The molecule has 1 heterocycles. The highest BCUT2D eigenvalue weighted by Gasteiger charge is 2.11. The summed E-state index contributed by atoms with van der Waals surface area (Å²) in [5.41, 5.74) is 1.49. The predicted molar refractivity (Wildman–Crippen MR) is 71.9 cm³/mol. The average Bonchev–Trinajstić information content (AvgIpc) is 2.46. The number of halogens is 1. The van der Waals surface area contributed by atoms with E-state index in [0.29, 0.717) is 5.56 Å². The van der Waals surface area contributed by atoms with E-state index in [-0.39, 0.29) is 5.56 Å². The third-order valence-corrected chi connectivity index (χ3v) is 3.10. The van der Waals surface area contributed by atoms with Crippen molar-refractivity contribution in [2.24, 2.45) is 0 Å². The smallest absolute Gasteiger partial charge is 0.141 e. The Labute approximate surface area is 109 Å². The van der Waals surface area contributed by atoms with E-state index in [9.17, 15) is 4.39 Å². The van der Waals surface area contributed by atoms with E-state index in [2.05, 4.69) is 4.98 Å². The number of benzene rings is 2. The Hall–Kier alpha value is -2.73. The minimum Gasteiger partial charge on any atom is -0.264 e. The first-order valence-electron chi connectivity index (χ1n) is 5.83. The first-order valence-corrected chi connectivity index (χ1v) is 5.83. The molecule has 0 atom stereocenters. The molecule has 2 nitrogen and oxygen atoms in total. The number of hydrogen-bond donors (Lipinski definition) is 0. The van der Waals surface area contributed by atoms with Gasteiger partial charge < -0.3 is 0 Å². The summed E-state index contributed by atoms with van der Waals surface area (Å²) >= 11 is 0. The van der Waals surface area contributed by atoms with Crippen LogP contribution in [0, 0.1) is 17.1 Å². The standard InChI is InChI=1S/C16H9FN2/c17-16-6-2-5-12(14(16)9-18)13-4-1-3-11-7-8-19-10-15(11)13/h1-8,10H. The van der Waals surface area contributed by atoms with Crippen molar-refractivity contribution in [3.63, 3.8) is 0 Å². The predicted octanol–water partition coefficient (Wildman–Crippen LogP) is 3.91. The molecular formula is C16H9FN2. The minimum absolute atomic E-state index is 0.0684. The Kier molecular flexibility index (Phi) is 2.70. The summed E-state index contributed by atoms with van der Waals surface area (Å²) in [6, 6.07) is 14.2. The zero-order valence-electron chi connectivity index (χ0n) is 9.97. The molecule has 0 amide bonds. The van der Waals surface area contributed by atoms with Gasteiger partial charge in [-0.2, -0.15) is 5.26 Å². The van der Waals surface area contributed by atoms with Crippen LogP contribution in [0.2, 0.25) is 0 Å². The van der Waals surface area contributed by atoms with Crippen LogP contribution in [-0.4, -0.2) is 4.98 Å². The van der Waals surface area contributed by atoms with Gasteiger partial charge in [0.15, 0.2) is 0 Å². The molecule has 19 heavy (non-hydrogen) atoms. The molecule has 0 aliphatic heterocycles. The maximum absolute atomic E-state index is 13.7. The summed E-state index contributed by atoms with van der Waals surface area (Å²) in [4.78, 5) is 4.10. The lowest BCUT2D eigenvalue weighted by atomic mass is 9.96. The molecule has 0 spiro atoms. The number of pyridine rings is 1. The second kappa shape index (κ2) is 4.51. The van der Waals surface area contributed by atoms with Crippen LogP contribution >= 0.6 is 0 Å². The van der Waals surface area contributed by atoms with Gasteiger partial charge in [-0.25, -0.2) is 4.39 Å². The van der Waals surface area contributed by atoms with Crippen molar-refractivity contribution in [3.05, 3.63) is 66.2 Å². The molecule has 0 aliphatic carbocycles. The summed E-state index contributed by atoms with van der Waals surface area (Å²) in [6.45, 7) is 0. The van der Waals surface area contributed by atoms with Crippen molar-refractivity contribution in [2.45, 2.75) is 0 Å². The van der Waals surface area contributed by atoms with Gasteiger partial charge in [0.05, 0.1) is 5.56 Å². The first kappa shape index (κ1) is 11.4. The maximum Gasteiger partial charge on any atom is 0.141 e. The highest BCUT2D eigenvalue weighted by molar-refractivity contribution is 5.97. The number of aromatic nitrogens is 1. The van der Waals surface area contributed by atoms with E-state index in [0.717, 1.165) is 16.3 Å². The van der Waals surface area contributed by atoms with Crippen LogP contribution < -0.4 is 0 Å². The van der Waals surface area contributed by atoms with Crippen LogP contribution in [0.4, 0.5) is 4.39 Å². The van der Waals surface area contributed by atoms with E-state index in [4.69, 9.17) is 5.26 Å². The molecule has 3 heteroatoms. The van der Waals surface area contributed by atoms with E-state index in [1.807, 2.05) is 30.3 Å². The molecule has 0 saturated carbocycles. The molecule has 1 aromatic heterocycles. The lowest BCUT2D eigenvalue weighted by Gasteiger charge is -2.08. The summed E-state index contributed by atoms with van der Waals surface area (Å²) in [6.07, 6.45) is 3.44. The molecule has 90 valence electrons. The van der Waals surface area contributed by atoms with Gasteiger partial charge in [0.1, 0.15) is 11.9 Å². The zero-order valence-corrected chi connectivity index (χ0v) is 9.97. The summed E-state index contributed by atoms with van der Waals surface area (Å²) in [7, 11) is 0. The molecule has 0 fully saturated rings. The highest BCUT2D eigenvalue weighted by atomic mass is 19.1. The van der Waals surface area contributed by atoms with Gasteiger partial charge in [0.25, 0.3) is 0 Å². The molecule has 0 saturated heterocycles. The molecule has 0 N–H and O–H groups in total. The number of nitrogens with zero attached hydrogens (tertiary/aromatic N) is 2. The van der Waals surface area contributed by atoms with Crippen LogP contribution in [-0.2, 0) is 0 Å². The Morgan fingerprint density at radius 1 is 1.00 bits per heavy atom. The van der Waals surface area contributed by atoms with E-state index in [1.54, 1.807) is 24.5 Å². The summed E-state index contributed by atoms with van der Waals surface area (Å²) in [5, 5.41) is 11.1. The van der Waals surface area contributed by atoms with E-state index < -0.39 is 5.82 Å². The van der Waals surface area contributed by atoms with Crippen molar-refractivity contribution >= 4 is 10.8 Å². The Morgan fingerprint density at radius 2 is 1.79 bits per heavy atom. The van der Waals surface area contributed by atoms with Crippen molar-refractivity contribution in [2.75, 3.05) is 0 Å². The number of hydrogen-bond acceptors (Lipinski definition) is 2. The fourth-order valence-electron chi connectivity index (χ4n) is 2.21. The molecule has 0 unspecified atom stereocenters. The van der Waals surface area contributed by atoms with Gasteiger partial charge in [-0.3, -0.25) is 4.98 Å². The van der Waals surface area contributed by atoms with Crippen molar-refractivity contribution < 1.29 is 4.39 Å². The van der Waals surface area contributed by atoms with Crippen LogP contribution in [0.25, 0.3) is 21.9 Å². The zero-order chi connectivity index (χ0) is 13.2. The molecule has 3 aromatic rings. The molecule has 0 bridgehead atoms. The second-order valence-electron chi connectivity index (χ2n) is 4.18. The van der Waals surface area contributed by atoms with E-state index >= 15 is 0 Å². The lowest BCUT2D eigenvalue weighted by molar-refractivity contribution is 0.624. The minimum atomic E-state index is -0.499. The third kappa shape index (κ3) is 1.84. The number of nitriles is 1. The van der Waals surface area contributed by atoms with Gasteiger partial charge in [-0.05, 0) is 23.1 Å². The highest BCUT2D eigenvalue weighted by Crippen LogP contribution is 2.31. The average molecular weight is 248 g/mol. The SMILES string of the molecule is N#Cc1c(F)cccc1-c1cccc2ccncc12. The molecular weight excluding hydrogens is 239 g/mol. The van der Waals surface area contributed by atoms with Crippen LogP contribution in [0.15, 0.2) is 54.9 Å². The molecule has 0 radical (unpaired) electrons. The first-order chi connectivity index (χ1) is 9.31. The Bertz CT molecular complexity index is 798. The van der Waals surface area contributed by atoms with Crippen molar-refractivity contribution in [3.8, 4) is 17.2 Å². The Balaban J connectivity index is 2.38. The monoisotopic (exact) mass is 248 g/mol. The van der Waals surface area contributed by atoms with Gasteiger partial charge in [-0.1, -0.05) is 30.3 Å². The quantitative estimate of drug-likeness (QED) is 0.654. The molecule has 0 aliphatic rings. The number of rotatable bonds is 1. The third-order valence-electron chi connectivity index (χ3n) is 3.10. The maximum atomic E-state index is 13.7. The molecule has 3 rings (SSSR count). The lowest BCUT2D eigenvalue weighted by Crippen LogP contribution is -1.90. The number of fused-ring (bicyclic) bond motifs is 1. The van der Waals surface area contributed by atoms with Crippen LogP contribution in [0.5, 0.6) is 0 Å². The summed E-state index contributed by atoms with van der Waals surface area (Å²) < 4.78 is 13.7. The fraction of sp³-hybridized carbons (Fsp3) is 0. The van der Waals surface area contributed by atoms with Gasteiger partial charge in [0, 0.05) is 23.3 Å². The second-order valence-corrected chi connectivity index (χ2v) is 4.18. The van der Waals surface area contributed by atoms with Crippen molar-refractivity contribution in [1.29, 1.82) is 5.26 Å². The molecule has 2 aromatic carbocycles. The summed E-state index contributed by atoms with van der Waals surface area (Å²) in [5.74, 6) is -0.499. The Morgan fingerprint density at radius 3 is 2.63 bits per heavy atom. The van der Waals surface area contributed by atoms with Crippen LogP contribution in [0.1, 0.15) is 5.56 Å². The van der Waals surface area contributed by atoms with Crippen LogP contribution in [0.3, 0.4) is 0 Å². The van der Waals surface area contributed by atoms with Gasteiger partial charge in [-0.15, -0.1) is 0 Å². The largest absolute Gasteiger partial charge is 0.264 e. The topological polar surface area (TPSA) is 36.7 Å².